The molecule has 0 bridgehead atoms. The first-order valence-electron chi connectivity index (χ1n) is 6.36. The Kier molecular flexibility index (Phi) is 2.55. The molecule has 3 unspecified atom stereocenters. The predicted octanol–water partition coefficient (Wildman–Crippen LogP) is -0.352. The van der Waals surface area contributed by atoms with Crippen LogP contribution in [0.15, 0.2) is 11.1 Å². The molecule has 3 aliphatic rings. The highest BCUT2D eigenvalue weighted by Gasteiger charge is 2.46. The number of rotatable bonds is 1. The van der Waals surface area contributed by atoms with E-state index >= 15 is 0 Å². The number of carbonyl (C=O) groups is 4. The van der Waals surface area contributed by atoms with Crippen LogP contribution in [-0.4, -0.2) is 23.6 Å². The minimum Gasteiger partial charge on any atom is -0.296 e. The number of nitrogens with one attached hydrogen (secondary N) is 2. The number of hydrogen-bond acceptors (Lipinski definition) is 4. The van der Waals surface area contributed by atoms with Gasteiger partial charge in [-0.2, -0.15) is 0 Å². The van der Waals surface area contributed by atoms with Crippen LogP contribution in [0.25, 0.3) is 0 Å². The van der Waals surface area contributed by atoms with Gasteiger partial charge < -0.3 is 0 Å². The summed E-state index contributed by atoms with van der Waals surface area (Å²) in [4.78, 5) is 46.4. The minimum absolute atomic E-state index is 0.0446. The average molecular weight is 262 g/mol. The Bertz CT molecular complexity index is 549. The fourth-order valence-electron chi connectivity index (χ4n) is 3.42. The summed E-state index contributed by atoms with van der Waals surface area (Å²) in [6.45, 7) is 1.82. The predicted molar refractivity (Wildman–Crippen MR) is 63.3 cm³/mol. The lowest BCUT2D eigenvalue weighted by Gasteiger charge is -2.29. The number of hydrogen-bond donors (Lipinski definition) is 2. The molecule has 2 aliphatic heterocycles. The van der Waals surface area contributed by atoms with E-state index in [4.69, 9.17) is 0 Å². The van der Waals surface area contributed by atoms with Crippen molar-refractivity contribution in [1.82, 2.24) is 10.6 Å². The van der Waals surface area contributed by atoms with E-state index in [1.807, 2.05) is 6.92 Å². The summed E-state index contributed by atoms with van der Waals surface area (Å²) >= 11 is 0. The van der Waals surface area contributed by atoms with Gasteiger partial charge in [0.25, 0.3) is 5.91 Å². The van der Waals surface area contributed by atoms with Gasteiger partial charge in [-0.1, -0.05) is 5.57 Å². The van der Waals surface area contributed by atoms with Crippen molar-refractivity contribution in [2.75, 3.05) is 0 Å². The highest BCUT2D eigenvalue weighted by atomic mass is 16.2. The molecule has 3 rings (SSSR count). The molecule has 0 aromatic carbocycles. The van der Waals surface area contributed by atoms with Crippen LogP contribution < -0.4 is 10.6 Å². The van der Waals surface area contributed by atoms with Crippen LogP contribution in [0.4, 0.5) is 0 Å². The molecule has 4 amide bonds. The quantitative estimate of drug-likeness (QED) is 0.632. The van der Waals surface area contributed by atoms with Crippen LogP contribution in [0.5, 0.6) is 0 Å². The number of carbonyl (C=O) groups excluding carboxylic acids is 4. The molecule has 3 atom stereocenters. The van der Waals surface area contributed by atoms with E-state index in [1.165, 1.54) is 0 Å². The standard InChI is InChI=1S/C13H14N2O4/c1-5-2-6(7-4-9(16)14-11(7)17)3-8-10(5)13(19)15-12(8)18/h6-8H,2-4H2,1H3,(H,14,16,17)(H,15,18,19). The summed E-state index contributed by atoms with van der Waals surface area (Å²) in [5.74, 6) is -1.96. The SMILES string of the molecule is CC1=C2C(=O)NC(=O)C2CC(C2CC(=O)NC2=O)C1. The number of allylic oxidation sites excluding steroid dienone is 1. The van der Waals surface area contributed by atoms with E-state index in [2.05, 4.69) is 10.6 Å². The topological polar surface area (TPSA) is 92.3 Å². The van der Waals surface area contributed by atoms with Gasteiger partial charge in [0.05, 0.1) is 11.8 Å². The van der Waals surface area contributed by atoms with Crippen molar-refractivity contribution in [3.05, 3.63) is 11.1 Å². The molecule has 0 spiro atoms. The summed E-state index contributed by atoms with van der Waals surface area (Å²) in [5.41, 5.74) is 1.42. The van der Waals surface area contributed by atoms with Gasteiger partial charge in [0.2, 0.25) is 17.7 Å². The molecule has 19 heavy (non-hydrogen) atoms. The summed E-state index contributed by atoms with van der Waals surface area (Å²) in [7, 11) is 0. The van der Waals surface area contributed by atoms with Crippen LogP contribution >= 0.6 is 0 Å². The summed E-state index contributed by atoms with van der Waals surface area (Å²) < 4.78 is 0. The van der Waals surface area contributed by atoms with E-state index in [9.17, 15) is 19.2 Å². The van der Waals surface area contributed by atoms with Crippen molar-refractivity contribution in [2.24, 2.45) is 17.8 Å². The first-order chi connectivity index (χ1) is 8.97. The maximum atomic E-state index is 11.7. The van der Waals surface area contributed by atoms with Crippen molar-refractivity contribution in [3.8, 4) is 0 Å². The number of fused-ring (bicyclic) bond motifs is 1. The lowest BCUT2D eigenvalue weighted by molar-refractivity contribution is -0.128. The summed E-state index contributed by atoms with van der Waals surface area (Å²) in [6.07, 6.45) is 1.25. The third kappa shape index (κ3) is 1.78. The highest BCUT2D eigenvalue weighted by molar-refractivity contribution is 6.15. The Morgan fingerprint density at radius 2 is 1.74 bits per heavy atom. The summed E-state index contributed by atoms with van der Waals surface area (Å²) in [6, 6.07) is 0. The van der Waals surface area contributed by atoms with Crippen molar-refractivity contribution in [1.29, 1.82) is 0 Å². The molecule has 2 fully saturated rings. The second-order valence-electron chi connectivity index (χ2n) is 5.49. The average Bonchev–Trinajstić information content (AvgIpc) is 2.80. The zero-order valence-corrected chi connectivity index (χ0v) is 10.5. The van der Waals surface area contributed by atoms with Gasteiger partial charge in [-0.15, -0.1) is 0 Å². The van der Waals surface area contributed by atoms with Crippen molar-refractivity contribution in [3.63, 3.8) is 0 Å². The van der Waals surface area contributed by atoms with E-state index in [0.717, 1.165) is 5.57 Å². The van der Waals surface area contributed by atoms with Crippen LogP contribution in [0.3, 0.4) is 0 Å². The Morgan fingerprint density at radius 1 is 1.00 bits per heavy atom. The normalized spacial score (nSPS) is 34.5. The zero-order valence-electron chi connectivity index (χ0n) is 10.5. The van der Waals surface area contributed by atoms with Gasteiger partial charge in [-0.25, -0.2) is 0 Å². The van der Waals surface area contributed by atoms with E-state index in [0.29, 0.717) is 18.4 Å². The maximum Gasteiger partial charge on any atom is 0.254 e. The number of amides is 4. The minimum atomic E-state index is -0.449. The van der Waals surface area contributed by atoms with Crippen molar-refractivity contribution >= 4 is 23.6 Å². The van der Waals surface area contributed by atoms with Crippen molar-refractivity contribution < 1.29 is 19.2 Å². The third-order valence-corrected chi connectivity index (χ3v) is 4.29. The van der Waals surface area contributed by atoms with E-state index in [1.54, 1.807) is 0 Å². The lowest BCUT2D eigenvalue weighted by atomic mass is 9.72. The Morgan fingerprint density at radius 3 is 2.37 bits per heavy atom. The molecule has 0 aromatic heterocycles. The van der Waals surface area contributed by atoms with Gasteiger partial charge in [0, 0.05) is 12.0 Å². The highest BCUT2D eigenvalue weighted by Crippen LogP contribution is 2.41. The van der Waals surface area contributed by atoms with Crippen LogP contribution in [0.2, 0.25) is 0 Å². The molecule has 6 nitrogen and oxygen atoms in total. The molecule has 2 N–H and O–H groups in total. The first-order valence-corrected chi connectivity index (χ1v) is 6.36. The smallest absolute Gasteiger partial charge is 0.254 e. The molecule has 1 aliphatic carbocycles. The molecule has 0 radical (unpaired) electrons. The Balaban J connectivity index is 1.88. The summed E-state index contributed by atoms with van der Waals surface area (Å²) in [5, 5.41) is 4.61. The molecular weight excluding hydrogens is 248 g/mol. The number of imide groups is 2. The zero-order chi connectivity index (χ0) is 13.7. The lowest BCUT2D eigenvalue weighted by Crippen LogP contribution is -2.31. The van der Waals surface area contributed by atoms with Gasteiger partial charge in [0.1, 0.15) is 0 Å². The second-order valence-corrected chi connectivity index (χ2v) is 5.49. The maximum absolute atomic E-state index is 11.7. The molecule has 2 heterocycles. The first kappa shape index (κ1) is 12.1. The molecule has 2 saturated heterocycles. The van der Waals surface area contributed by atoms with Gasteiger partial charge in [0.15, 0.2) is 0 Å². The molecule has 6 heteroatoms. The van der Waals surface area contributed by atoms with Gasteiger partial charge in [-0.05, 0) is 25.7 Å². The Hall–Kier alpha value is -1.98. The fraction of sp³-hybridized carbons (Fsp3) is 0.538. The van der Waals surface area contributed by atoms with Gasteiger partial charge >= 0.3 is 0 Å². The Labute approximate surface area is 109 Å². The second kappa shape index (κ2) is 4.01. The van der Waals surface area contributed by atoms with Crippen LogP contribution in [0, 0.1) is 17.8 Å². The molecule has 0 aromatic rings. The van der Waals surface area contributed by atoms with Crippen LogP contribution in [0.1, 0.15) is 26.2 Å². The van der Waals surface area contributed by atoms with Crippen LogP contribution in [-0.2, 0) is 19.2 Å². The van der Waals surface area contributed by atoms with E-state index < -0.39 is 5.92 Å². The van der Waals surface area contributed by atoms with Crippen molar-refractivity contribution in [2.45, 2.75) is 26.2 Å². The third-order valence-electron chi connectivity index (χ3n) is 4.29. The molecule has 0 saturated carbocycles. The largest absolute Gasteiger partial charge is 0.296 e. The molecular formula is C13H14N2O4. The van der Waals surface area contributed by atoms with Gasteiger partial charge in [-0.3, -0.25) is 29.8 Å². The van der Waals surface area contributed by atoms with E-state index in [-0.39, 0.29) is 41.9 Å². The molecule has 100 valence electrons. The monoisotopic (exact) mass is 262 g/mol. The fourth-order valence-corrected chi connectivity index (χ4v) is 3.42.